The van der Waals surface area contributed by atoms with E-state index in [1.807, 2.05) is 12.3 Å². The smallest absolute Gasteiger partial charge is 0.223 e. The summed E-state index contributed by atoms with van der Waals surface area (Å²) in [5, 5.41) is 10.4. The van der Waals surface area contributed by atoms with Crippen molar-refractivity contribution in [2.75, 3.05) is 25.1 Å². The van der Waals surface area contributed by atoms with Crippen molar-refractivity contribution in [3.05, 3.63) is 24.2 Å². The van der Waals surface area contributed by atoms with Crippen LogP contribution >= 0.6 is 0 Å². The van der Waals surface area contributed by atoms with Gasteiger partial charge in [-0.1, -0.05) is 27.7 Å². The molecule has 23 heavy (non-hydrogen) atoms. The highest BCUT2D eigenvalue weighted by molar-refractivity contribution is 5.62. The SMILES string of the molecule is CC(C)COCCCNc1nccc(-c2cn[nH]c2C(C)C)n1. The zero-order chi connectivity index (χ0) is 16.7. The molecule has 0 aliphatic heterocycles. The molecule has 2 heterocycles. The summed E-state index contributed by atoms with van der Waals surface area (Å²) in [5.41, 5.74) is 3.01. The van der Waals surface area contributed by atoms with Gasteiger partial charge in [-0.05, 0) is 24.3 Å². The van der Waals surface area contributed by atoms with E-state index in [2.05, 4.69) is 53.2 Å². The number of hydrogen-bond donors (Lipinski definition) is 2. The lowest BCUT2D eigenvalue weighted by molar-refractivity contribution is 0.110. The molecule has 0 saturated heterocycles. The molecule has 0 spiro atoms. The van der Waals surface area contributed by atoms with Crippen LogP contribution < -0.4 is 5.32 Å². The Morgan fingerprint density at radius 1 is 1.26 bits per heavy atom. The molecule has 2 aromatic heterocycles. The lowest BCUT2D eigenvalue weighted by Gasteiger charge is -2.09. The lowest BCUT2D eigenvalue weighted by Crippen LogP contribution is -2.10. The van der Waals surface area contributed by atoms with Gasteiger partial charge >= 0.3 is 0 Å². The van der Waals surface area contributed by atoms with Gasteiger partial charge in [0.1, 0.15) is 0 Å². The average molecular weight is 317 g/mol. The molecule has 0 aliphatic carbocycles. The first-order valence-corrected chi connectivity index (χ1v) is 8.26. The molecule has 126 valence electrons. The topological polar surface area (TPSA) is 75.7 Å². The molecule has 0 saturated carbocycles. The third-order valence-corrected chi connectivity index (χ3v) is 3.38. The van der Waals surface area contributed by atoms with E-state index in [1.54, 1.807) is 6.20 Å². The zero-order valence-corrected chi connectivity index (χ0v) is 14.5. The van der Waals surface area contributed by atoms with E-state index in [9.17, 15) is 0 Å². The van der Waals surface area contributed by atoms with Gasteiger partial charge in [0.2, 0.25) is 5.95 Å². The van der Waals surface area contributed by atoms with Crippen LogP contribution in [0.2, 0.25) is 0 Å². The van der Waals surface area contributed by atoms with Crippen molar-refractivity contribution >= 4 is 5.95 Å². The molecule has 2 rings (SSSR count). The van der Waals surface area contributed by atoms with E-state index < -0.39 is 0 Å². The number of nitrogens with one attached hydrogen (secondary N) is 2. The van der Waals surface area contributed by atoms with Gasteiger partial charge in [-0.25, -0.2) is 9.97 Å². The summed E-state index contributed by atoms with van der Waals surface area (Å²) < 4.78 is 5.56. The Balaban J connectivity index is 1.89. The van der Waals surface area contributed by atoms with Crippen molar-refractivity contribution in [1.82, 2.24) is 20.2 Å². The Hall–Kier alpha value is -1.95. The fraction of sp³-hybridized carbons (Fsp3) is 0.588. The largest absolute Gasteiger partial charge is 0.381 e. The van der Waals surface area contributed by atoms with E-state index in [4.69, 9.17) is 4.74 Å². The van der Waals surface area contributed by atoms with Crippen LogP contribution in [0.15, 0.2) is 18.5 Å². The first-order valence-electron chi connectivity index (χ1n) is 8.26. The van der Waals surface area contributed by atoms with Gasteiger partial charge in [-0.2, -0.15) is 5.10 Å². The number of anilines is 1. The Kier molecular flexibility index (Phi) is 6.52. The number of nitrogens with zero attached hydrogens (tertiary/aromatic N) is 3. The second-order valence-corrected chi connectivity index (χ2v) is 6.37. The molecular formula is C17H27N5O. The van der Waals surface area contributed by atoms with Crippen molar-refractivity contribution < 1.29 is 4.74 Å². The number of rotatable bonds is 9. The maximum absolute atomic E-state index is 5.56. The van der Waals surface area contributed by atoms with Crippen LogP contribution in [-0.2, 0) is 4.74 Å². The number of aromatic amines is 1. The third kappa shape index (κ3) is 5.32. The zero-order valence-electron chi connectivity index (χ0n) is 14.5. The summed E-state index contributed by atoms with van der Waals surface area (Å²) >= 11 is 0. The molecule has 0 aliphatic rings. The van der Waals surface area contributed by atoms with Gasteiger partial charge in [-0.3, -0.25) is 5.10 Å². The maximum Gasteiger partial charge on any atom is 0.223 e. The molecular weight excluding hydrogens is 290 g/mol. The third-order valence-electron chi connectivity index (χ3n) is 3.38. The first-order chi connectivity index (χ1) is 11.1. The molecule has 0 fully saturated rings. The Morgan fingerprint density at radius 3 is 2.83 bits per heavy atom. The molecule has 0 atom stereocenters. The number of hydrogen-bond acceptors (Lipinski definition) is 5. The minimum absolute atomic E-state index is 0.372. The van der Waals surface area contributed by atoms with Gasteiger partial charge in [-0.15, -0.1) is 0 Å². The molecule has 2 aromatic rings. The van der Waals surface area contributed by atoms with E-state index in [0.29, 0.717) is 17.8 Å². The second-order valence-electron chi connectivity index (χ2n) is 6.37. The molecule has 0 aromatic carbocycles. The monoisotopic (exact) mass is 317 g/mol. The highest BCUT2D eigenvalue weighted by Gasteiger charge is 2.12. The van der Waals surface area contributed by atoms with Gasteiger partial charge in [0.05, 0.1) is 11.9 Å². The Bertz CT molecular complexity index is 594. The fourth-order valence-corrected chi connectivity index (χ4v) is 2.23. The molecule has 2 N–H and O–H groups in total. The van der Waals surface area contributed by atoms with E-state index in [-0.39, 0.29) is 0 Å². The number of H-pyrrole nitrogens is 1. The quantitative estimate of drug-likeness (QED) is 0.693. The van der Waals surface area contributed by atoms with Crippen molar-refractivity contribution in [2.24, 2.45) is 5.92 Å². The minimum atomic E-state index is 0.372. The first kappa shape index (κ1) is 17.4. The average Bonchev–Trinajstić information content (AvgIpc) is 3.00. The summed E-state index contributed by atoms with van der Waals surface area (Å²) in [6, 6.07) is 1.91. The Labute approximate surface area is 138 Å². The van der Waals surface area contributed by atoms with Crippen LogP contribution in [0.4, 0.5) is 5.95 Å². The lowest BCUT2D eigenvalue weighted by atomic mass is 10.0. The summed E-state index contributed by atoms with van der Waals surface area (Å²) in [4.78, 5) is 8.86. The molecule has 0 unspecified atom stereocenters. The fourth-order valence-electron chi connectivity index (χ4n) is 2.23. The van der Waals surface area contributed by atoms with Crippen molar-refractivity contribution in [3.63, 3.8) is 0 Å². The maximum atomic E-state index is 5.56. The number of aromatic nitrogens is 4. The van der Waals surface area contributed by atoms with Crippen molar-refractivity contribution in [2.45, 2.75) is 40.0 Å². The summed E-state index contributed by atoms with van der Waals surface area (Å²) in [7, 11) is 0. The standard InChI is InChI=1S/C17H27N5O/c1-12(2)11-23-9-5-7-18-17-19-8-6-15(21-17)14-10-20-22-16(14)13(3)4/h6,8,10,12-13H,5,7,9,11H2,1-4H3,(H,20,22)(H,18,19,21). The molecule has 6 nitrogen and oxygen atoms in total. The summed E-state index contributed by atoms with van der Waals surface area (Å²) in [6.45, 7) is 10.9. The second kappa shape index (κ2) is 8.62. The highest BCUT2D eigenvalue weighted by atomic mass is 16.5. The predicted molar refractivity (Wildman–Crippen MR) is 92.5 cm³/mol. The predicted octanol–water partition coefficient (Wildman–Crippen LogP) is 3.46. The van der Waals surface area contributed by atoms with Gasteiger partial charge in [0.15, 0.2) is 0 Å². The van der Waals surface area contributed by atoms with Gasteiger partial charge in [0.25, 0.3) is 0 Å². The van der Waals surface area contributed by atoms with Crippen LogP contribution in [0.5, 0.6) is 0 Å². The number of ether oxygens (including phenoxy) is 1. The van der Waals surface area contributed by atoms with Crippen LogP contribution in [0.1, 0.15) is 45.7 Å². The van der Waals surface area contributed by atoms with Crippen molar-refractivity contribution in [3.8, 4) is 11.3 Å². The van der Waals surface area contributed by atoms with E-state index in [1.165, 1.54) is 0 Å². The normalized spacial score (nSPS) is 11.4. The molecule has 0 amide bonds. The highest BCUT2D eigenvalue weighted by Crippen LogP contribution is 2.25. The van der Waals surface area contributed by atoms with Crippen LogP contribution in [0.3, 0.4) is 0 Å². The Morgan fingerprint density at radius 2 is 2.09 bits per heavy atom. The minimum Gasteiger partial charge on any atom is -0.381 e. The van der Waals surface area contributed by atoms with E-state index in [0.717, 1.165) is 43.1 Å². The van der Waals surface area contributed by atoms with Crippen LogP contribution in [-0.4, -0.2) is 39.9 Å². The molecule has 6 heteroatoms. The summed E-state index contributed by atoms with van der Waals surface area (Å²) in [6.07, 6.45) is 4.53. The molecule has 0 radical (unpaired) electrons. The van der Waals surface area contributed by atoms with Crippen molar-refractivity contribution in [1.29, 1.82) is 0 Å². The van der Waals surface area contributed by atoms with E-state index >= 15 is 0 Å². The van der Waals surface area contributed by atoms with Gasteiger partial charge < -0.3 is 10.1 Å². The molecule has 0 bridgehead atoms. The summed E-state index contributed by atoms with van der Waals surface area (Å²) in [5.74, 6) is 1.59. The van der Waals surface area contributed by atoms with Crippen LogP contribution in [0, 0.1) is 5.92 Å². The van der Waals surface area contributed by atoms with Crippen LogP contribution in [0.25, 0.3) is 11.3 Å². The van der Waals surface area contributed by atoms with Gasteiger partial charge in [0, 0.05) is 37.2 Å².